The predicted octanol–water partition coefficient (Wildman–Crippen LogP) is 9.53. The number of unbranched alkanes of at least 4 members (excludes halogenated alkanes) is 1. The number of carbonyl (C=O) groups excluding carboxylic acids is 1. The summed E-state index contributed by atoms with van der Waals surface area (Å²) < 4.78 is 12.5. The third kappa shape index (κ3) is 13.3. The maximum atomic E-state index is 12.5. The summed E-state index contributed by atoms with van der Waals surface area (Å²) in [5.74, 6) is 0.174. The smallest absolute Gasteiger partial charge is 0.129 e. The summed E-state index contributed by atoms with van der Waals surface area (Å²) in [6, 6.07) is 20.4. The van der Waals surface area contributed by atoms with Gasteiger partial charge in [0.1, 0.15) is 11.6 Å². The maximum absolute atomic E-state index is 12.5. The molecule has 0 bridgehead atoms. The van der Waals surface area contributed by atoms with E-state index in [1.807, 2.05) is 64.1 Å². The van der Waals surface area contributed by atoms with Gasteiger partial charge in [-0.2, -0.15) is 5.26 Å². The zero-order valence-electron chi connectivity index (χ0n) is 23.7. The molecule has 0 radical (unpaired) electrons. The van der Waals surface area contributed by atoms with Crippen molar-refractivity contribution in [3.8, 4) is 17.3 Å². The lowest BCUT2D eigenvalue weighted by molar-refractivity contribution is -0.117. The number of allylic oxidation sites excluding steroid dienone is 1. The van der Waals surface area contributed by atoms with Gasteiger partial charge >= 0.3 is 0 Å². The quantitative estimate of drug-likeness (QED) is 0.323. The molecule has 198 valence electrons. The first-order valence-electron chi connectivity index (χ1n) is 13.1. The minimum Gasteiger partial charge on any atom is -0.300 e. The first kappa shape index (κ1) is 33.4. The Morgan fingerprint density at radius 2 is 1.68 bits per heavy atom. The van der Waals surface area contributed by atoms with E-state index in [1.165, 1.54) is 6.07 Å². The standard InChI is InChI=1S/C16H14N2.C9H11F.C6H12O.C2H6/c1-11(2)14-8-9-16(18-12(14)3)15-7-5-4-6-13(15)10-17;1-2-4-8-5-3-6-9(10)7-8;1-3-4-5-6(2)7;1-2/h4-9H,1H2,2-3H3;3,5-7H,2,4H2,1H3;3-5H2,1-2H3;1-2H3. The van der Waals surface area contributed by atoms with Gasteiger partial charge in [-0.05, 0) is 74.6 Å². The molecule has 4 heteroatoms. The van der Waals surface area contributed by atoms with E-state index < -0.39 is 0 Å². The number of rotatable bonds is 7. The topological polar surface area (TPSA) is 53.8 Å². The van der Waals surface area contributed by atoms with Gasteiger partial charge in [0.15, 0.2) is 0 Å². The molecule has 0 aliphatic carbocycles. The Morgan fingerprint density at radius 3 is 2.16 bits per heavy atom. The highest BCUT2D eigenvalue weighted by atomic mass is 19.1. The van der Waals surface area contributed by atoms with Crippen LogP contribution in [0.15, 0.2) is 67.2 Å². The van der Waals surface area contributed by atoms with E-state index in [1.54, 1.807) is 25.1 Å². The molecule has 0 atom stereocenters. The fourth-order valence-corrected chi connectivity index (χ4v) is 3.37. The number of halogens is 1. The van der Waals surface area contributed by atoms with Crippen molar-refractivity contribution in [3.63, 3.8) is 0 Å². The van der Waals surface area contributed by atoms with E-state index in [9.17, 15) is 9.18 Å². The van der Waals surface area contributed by atoms with Gasteiger partial charge in [-0.3, -0.25) is 4.98 Å². The Labute approximate surface area is 224 Å². The van der Waals surface area contributed by atoms with Crippen molar-refractivity contribution < 1.29 is 9.18 Å². The summed E-state index contributed by atoms with van der Waals surface area (Å²) in [4.78, 5) is 14.8. The second-order valence-corrected chi connectivity index (χ2v) is 8.45. The molecule has 1 heterocycles. The fourth-order valence-electron chi connectivity index (χ4n) is 3.37. The van der Waals surface area contributed by atoms with Crippen molar-refractivity contribution >= 4 is 11.4 Å². The number of benzene rings is 2. The van der Waals surface area contributed by atoms with Gasteiger partial charge in [-0.25, -0.2) is 4.39 Å². The molecule has 0 aliphatic heterocycles. The van der Waals surface area contributed by atoms with Crippen molar-refractivity contribution in [2.24, 2.45) is 0 Å². The van der Waals surface area contributed by atoms with E-state index in [-0.39, 0.29) is 5.82 Å². The highest BCUT2D eigenvalue weighted by molar-refractivity contribution is 5.75. The van der Waals surface area contributed by atoms with Crippen molar-refractivity contribution in [1.29, 1.82) is 5.26 Å². The van der Waals surface area contributed by atoms with E-state index in [0.29, 0.717) is 11.3 Å². The number of nitriles is 1. The minimum absolute atomic E-state index is 0.133. The molecule has 1 aromatic heterocycles. The van der Waals surface area contributed by atoms with Gasteiger partial charge < -0.3 is 4.79 Å². The van der Waals surface area contributed by atoms with Crippen molar-refractivity contribution in [3.05, 3.63) is 95.4 Å². The molecule has 0 aliphatic rings. The third-order valence-electron chi connectivity index (χ3n) is 5.18. The summed E-state index contributed by atoms with van der Waals surface area (Å²) in [6.07, 6.45) is 4.98. The van der Waals surface area contributed by atoms with Crippen LogP contribution >= 0.6 is 0 Å². The third-order valence-corrected chi connectivity index (χ3v) is 5.18. The minimum atomic E-state index is -0.133. The number of nitrogens with zero attached hydrogens (tertiary/aromatic N) is 2. The van der Waals surface area contributed by atoms with Crippen LogP contribution in [0.4, 0.5) is 4.39 Å². The number of hydrogen-bond acceptors (Lipinski definition) is 3. The molecule has 0 N–H and O–H groups in total. The fraction of sp³-hybridized carbons (Fsp3) is 0.364. The van der Waals surface area contributed by atoms with Crippen LogP contribution in [-0.2, 0) is 11.2 Å². The van der Waals surface area contributed by atoms with Crippen LogP contribution in [0, 0.1) is 24.1 Å². The number of aromatic nitrogens is 1. The van der Waals surface area contributed by atoms with Gasteiger partial charge in [0.25, 0.3) is 0 Å². The highest BCUT2D eigenvalue weighted by Gasteiger charge is 2.08. The average Bonchev–Trinajstić information content (AvgIpc) is 2.89. The zero-order chi connectivity index (χ0) is 28.2. The number of hydrogen-bond donors (Lipinski definition) is 0. The number of Topliss-reactive ketones (excluding diaryl/α,β-unsaturated/α-hetero) is 1. The van der Waals surface area contributed by atoms with Crippen molar-refractivity contribution in [1.82, 2.24) is 4.98 Å². The van der Waals surface area contributed by atoms with Gasteiger partial charge in [0.2, 0.25) is 0 Å². The number of carbonyl (C=O) groups is 1. The monoisotopic (exact) mass is 502 g/mol. The molecule has 0 fully saturated rings. The van der Waals surface area contributed by atoms with Crippen LogP contribution in [0.1, 0.15) is 89.6 Å². The lowest BCUT2D eigenvalue weighted by Gasteiger charge is -2.08. The molecule has 3 nitrogen and oxygen atoms in total. The first-order chi connectivity index (χ1) is 17.7. The molecule has 0 saturated carbocycles. The predicted molar refractivity (Wildman–Crippen MR) is 156 cm³/mol. The molecule has 0 amide bonds. The molecule has 2 aromatic carbocycles. The van der Waals surface area contributed by atoms with Crippen molar-refractivity contribution in [2.75, 3.05) is 0 Å². The zero-order valence-corrected chi connectivity index (χ0v) is 23.7. The first-order valence-corrected chi connectivity index (χ1v) is 13.1. The second-order valence-electron chi connectivity index (χ2n) is 8.45. The largest absolute Gasteiger partial charge is 0.300 e. The number of pyridine rings is 1. The summed E-state index contributed by atoms with van der Waals surface area (Å²) >= 11 is 0. The van der Waals surface area contributed by atoms with Crippen LogP contribution < -0.4 is 0 Å². The summed E-state index contributed by atoms with van der Waals surface area (Å²) in [7, 11) is 0. The molecular formula is C33H43FN2O. The Morgan fingerprint density at radius 1 is 1.00 bits per heavy atom. The van der Waals surface area contributed by atoms with Gasteiger partial charge in [0.05, 0.1) is 17.3 Å². The molecule has 3 aromatic rings. The van der Waals surface area contributed by atoms with E-state index in [4.69, 9.17) is 5.26 Å². The van der Waals surface area contributed by atoms with Crippen LogP contribution in [0.25, 0.3) is 16.8 Å². The average molecular weight is 503 g/mol. The summed E-state index contributed by atoms with van der Waals surface area (Å²) in [6.45, 7) is 17.7. The molecule has 37 heavy (non-hydrogen) atoms. The lowest BCUT2D eigenvalue weighted by Crippen LogP contribution is -1.94. The number of aryl methyl sites for hydroxylation is 2. The Bertz CT molecular complexity index is 1150. The van der Waals surface area contributed by atoms with E-state index in [0.717, 1.165) is 65.8 Å². The van der Waals surface area contributed by atoms with Crippen LogP contribution in [0.2, 0.25) is 0 Å². The SMILES string of the molecule is C=C(C)c1ccc(-c2ccccc2C#N)nc1C.CC.CCCCC(C)=O.CCCc1cccc(F)c1. The summed E-state index contributed by atoms with van der Waals surface area (Å²) in [5.41, 5.74) is 6.43. The lowest BCUT2D eigenvalue weighted by atomic mass is 10.0. The van der Waals surface area contributed by atoms with Gasteiger partial charge in [-0.15, -0.1) is 0 Å². The highest BCUT2D eigenvalue weighted by Crippen LogP contribution is 2.24. The summed E-state index contributed by atoms with van der Waals surface area (Å²) in [5, 5.41) is 9.10. The van der Waals surface area contributed by atoms with E-state index >= 15 is 0 Å². The van der Waals surface area contributed by atoms with Crippen LogP contribution in [0.3, 0.4) is 0 Å². The molecule has 0 unspecified atom stereocenters. The molecule has 0 saturated heterocycles. The Hall–Kier alpha value is -3.58. The van der Waals surface area contributed by atoms with Crippen LogP contribution in [0.5, 0.6) is 0 Å². The van der Waals surface area contributed by atoms with Gasteiger partial charge in [-0.1, -0.05) is 83.5 Å². The Balaban J connectivity index is 0.000000576. The molecule has 3 rings (SSSR count). The normalized spacial score (nSPS) is 9.27. The second kappa shape index (κ2) is 19.6. The number of ketones is 1. The maximum Gasteiger partial charge on any atom is 0.129 e. The molecular weight excluding hydrogens is 459 g/mol. The van der Waals surface area contributed by atoms with Crippen LogP contribution in [-0.4, -0.2) is 10.8 Å². The Kier molecular flexibility index (Phi) is 17.7. The van der Waals surface area contributed by atoms with Gasteiger partial charge in [0, 0.05) is 17.7 Å². The molecule has 0 spiro atoms. The van der Waals surface area contributed by atoms with Crippen molar-refractivity contribution in [2.45, 2.75) is 80.6 Å². The van der Waals surface area contributed by atoms with E-state index in [2.05, 4.69) is 31.5 Å².